The van der Waals surface area contributed by atoms with Crippen LogP contribution in [-0.2, 0) is 11.8 Å². The summed E-state index contributed by atoms with van der Waals surface area (Å²) in [4.78, 5) is 1.32. The van der Waals surface area contributed by atoms with Crippen molar-refractivity contribution in [2.24, 2.45) is 0 Å². The van der Waals surface area contributed by atoms with Crippen molar-refractivity contribution in [1.82, 2.24) is 0 Å². The summed E-state index contributed by atoms with van der Waals surface area (Å²) in [7, 11) is 0. The Morgan fingerprint density at radius 1 is 1.16 bits per heavy atom. The van der Waals surface area contributed by atoms with Crippen LogP contribution in [0.25, 0.3) is 0 Å². The van der Waals surface area contributed by atoms with E-state index < -0.39 is 0 Å². The van der Waals surface area contributed by atoms with Gasteiger partial charge in [0.1, 0.15) is 0 Å². The van der Waals surface area contributed by atoms with Gasteiger partial charge in [-0.1, -0.05) is 73.3 Å². The average molecular weight is 423 g/mol. The maximum Gasteiger partial charge on any atom is 0.0931 e. The van der Waals surface area contributed by atoms with Crippen LogP contribution in [0, 0.1) is 6.92 Å². The van der Waals surface area contributed by atoms with E-state index in [1.807, 2.05) is 6.07 Å². The molecule has 19 heavy (non-hydrogen) atoms. The van der Waals surface area contributed by atoms with Crippen LogP contribution in [0.3, 0.4) is 0 Å². The molecule has 0 aliphatic rings. The van der Waals surface area contributed by atoms with Crippen molar-refractivity contribution in [2.75, 3.05) is 10.7 Å². The Morgan fingerprint density at radius 3 is 2.42 bits per heavy atom. The predicted molar refractivity (Wildman–Crippen MR) is 93.5 cm³/mol. The third-order valence-corrected chi connectivity index (χ3v) is 6.66. The van der Waals surface area contributed by atoms with Gasteiger partial charge in [0.05, 0.1) is 4.34 Å². The number of thiophene rings is 1. The molecule has 2 aromatic rings. The van der Waals surface area contributed by atoms with Crippen LogP contribution in [0.5, 0.6) is 0 Å². The van der Waals surface area contributed by atoms with Crippen molar-refractivity contribution in [3.63, 3.8) is 0 Å². The maximum atomic E-state index is 6.04. The monoisotopic (exact) mass is 420 g/mol. The van der Waals surface area contributed by atoms with Gasteiger partial charge in [0.15, 0.2) is 0 Å². The van der Waals surface area contributed by atoms with Crippen molar-refractivity contribution in [1.29, 1.82) is 0 Å². The van der Waals surface area contributed by atoms with E-state index in [-0.39, 0.29) is 5.41 Å². The number of rotatable bonds is 5. The second kappa shape index (κ2) is 6.75. The lowest BCUT2D eigenvalue weighted by Gasteiger charge is -2.30. The Morgan fingerprint density at radius 2 is 1.89 bits per heavy atom. The fourth-order valence-electron chi connectivity index (χ4n) is 2.14. The summed E-state index contributed by atoms with van der Waals surface area (Å²) in [5.74, 6) is 0. The van der Waals surface area contributed by atoms with Gasteiger partial charge in [0, 0.05) is 21.0 Å². The van der Waals surface area contributed by atoms with Gasteiger partial charge in [0.2, 0.25) is 0 Å². The summed E-state index contributed by atoms with van der Waals surface area (Å²) in [6.07, 6.45) is 0.990. The second-order valence-corrected chi connectivity index (χ2v) is 7.72. The highest BCUT2D eigenvalue weighted by atomic mass is 79.9. The van der Waals surface area contributed by atoms with Gasteiger partial charge in [-0.15, -0.1) is 11.3 Å². The molecule has 0 nitrogen and oxygen atoms in total. The number of hydrogen-bond acceptors (Lipinski definition) is 1. The Kier molecular flexibility index (Phi) is 5.53. The highest BCUT2D eigenvalue weighted by molar-refractivity contribution is 9.09. The first-order chi connectivity index (χ1) is 9.09. The zero-order valence-corrected chi connectivity index (χ0v) is 15.4. The number of alkyl halides is 2. The van der Waals surface area contributed by atoms with E-state index in [9.17, 15) is 0 Å². The zero-order valence-electron chi connectivity index (χ0n) is 10.6. The van der Waals surface area contributed by atoms with Crippen LogP contribution >= 0.6 is 54.8 Å². The first-order valence-corrected chi connectivity index (χ1v) is 9.47. The summed E-state index contributed by atoms with van der Waals surface area (Å²) in [5, 5.41) is 1.84. The van der Waals surface area contributed by atoms with Crippen molar-refractivity contribution in [3.05, 3.63) is 56.7 Å². The molecule has 1 aromatic carbocycles. The van der Waals surface area contributed by atoms with Gasteiger partial charge in [-0.3, -0.25) is 0 Å². The minimum absolute atomic E-state index is 0.0696. The molecule has 0 saturated heterocycles. The van der Waals surface area contributed by atoms with E-state index in [4.69, 9.17) is 11.6 Å². The molecule has 0 bridgehead atoms. The molecule has 0 aliphatic heterocycles. The van der Waals surface area contributed by atoms with Crippen LogP contribution in [0.4, 0.5) is 0 Å². The van der Waals surface area contributed by atoms with Gasteiger partial charge in [-0.05, 0) is 31.0 Å². The third-order valence-electron chi connectivity index (χ3n) is 3.28. The minimum Gasteiger partial charge on any atom is -0.128 e. The van der Waals surface area contributed by atoms with E-state index in [1.54, 1.807) is 11.3 Å². The lowest BCUT2D eigenvalue weighted by Crippen LogP contribution is -2.32. The van der Waals surface area contributed by atoms with Crippen LogP contribution < -0.4 is 0 Å². The van der Waals surface area contributed by atoms with Crippen molar-refractivity contribution < 1.29 is 0 Å². The summed E-state index contributed by atoms with van der Waals surface area (Å²) in [6, 6.07) is 12.9. The first kappa shape index (κ1) is 15.6. The van der Waals surface area contributed by atoms with Gasteiger partial charge >= 0.3 is 0 Å². The van der Waals surface area contributed by atoms with Gasteiger partial charge in [0.25, 0.3) is 0 Å². The third kappa shape index (κ3) is 3.63. The predicted octanol–water partition coefficient (Wildman–Crippen LogP) is 5.98. The molecule has 0 saturated carbocycles. The molecular formula is C15H15Br2ClS. The van der Waals surface area contributed by atoms with E-state index >= 15 is 0 Å². The Hall–Kier alpha value is 0.170. The molecule has 2 rings (SSSR count). The summed E-state index contributed by atoms with van der Waals surface area (Å²) in [5.41, 5.74) is 2.74. The van der Waals surface area contributed by atoms with E-state index in [0.29, 0.717) is 0 Å². The maximum absolute atomic E-state index is 6.04. The van der Waals surface area contributed by atoms with Crippen LogP contribution in [0.15, 0.2) is 36.4 Å². The van der Waals surface area contributed by atoms with Crippen molar-refractivity contribution in [3.8, 4) is 0 Å². The van der Waals surface area contributed by atoms with Crippen molar-refractivity contribution in [2.45, 2.75) is 18.8 Å². The second-order valence-electron chi connectivity index (χ2n) is 4.80. The van der Waals surface area contributed by atoms with E-state index in [1.165, 1.54) is 16.0 Å². The lowest BCUT2D eigenvalue weighted by atomic mass is 9.80. The summed E-state index contributed by atoms with van der Waals surface area (Å²) in [6.45, 7) is 2.14. The molecule has 1 aromatic heterocycles. The number of hydrogen-bond donors (Lipinski definition) is 0. The summed E-state index contributed by atoms with van der Waals surface area (Å²) < 4.78 is 0.859. The van der Waals surface area contributed by atoms with Gasteiger partial charge in [-0.2, -0.15) is 0 Å². The molecular weight excluding hydrogens is 407 g/mol. The highest BCUT2D eigenvalue weighted by Crippen LogP contribution is 2.36. The van der Waals surface area contributed by atoms with Crippen molar-refractivity contribution >= 4 is 54.8 Å². The molecule has 0 N–H and O–H groups in total. The molecule has 0 unspecified atom stereocenters. The quantitative estimate of drug-likeness (QED) is 0.520. The normalized spacial score (nSPS) is 11.8. The SMILES string of the molecule is Cc1cccc(C(CBr)(CBr)Cc2ccc(Cl)s2)c1. The van der Waals surface area contributed by atoms with Gasteiger partial charge < -0.3 is 0 Å². The molecule has 0 atom stereocenters. The Labute approximate surface area is 140 Å². The van der Waals surface area contributed by atoms with Crippen LogP contribution in [-0.4, -0.2) is 10.7 Å². The molecule has 0 radical (unpaired) electrons. The number of halogens is 3. The van der Waals surface area contributed by atoms with E-state index in [0.717, 1.165) is 21.4 Å². The molecule has 0 amide bonds. The molecule has 0 spiro atoms. The zero-order chi connectivity index (χ0) is 13.9. The average Bonchev–Trinajstić information content (AvgIpc) is 2.81. The minimum atomic E-state index is 0.0696. The fourth-order valence-corrected chi connectivity index (χ4v) is 5.35. The Balaban J connectivity index is 2.37. The number of benzene rings is 1. The van der Waals surface area contributed by atoms with Crippen LogP contribution in [0.2, 0.25) is 4.34 Å². The largest absolute Gasteiger partial charge is 0.128 e. The fraction of sp³-hybridized carbons (Fsp3) is 0.333. The first-order valence-electron chi connectivity index (χ1n) is 6.03. The topological polar surface area (TPSA) is 0 Å². The van der Waals surface area contributed by atoms with Crippen LogP contribution in [0.1, 0.15) is 16.0 Å². The van der Waals surface area contributed by atoms with Gasteiger partial charge in [-0.25, -0.2) is 0 Å². The molecule has 4 heteroatoms. The highest BCUT2D eigenvalue weighted by Gasteiger charge is 2.31. The molecule has 0 fully saturated rings. The Bertz CT molecular complexity index is 547. The summed E-state index contributed by atoms with van der Waals surface area (Å²) >= 11 is 15.1. The molecule has 102 valence electrons. The van der Waals surface area contributed by atoms with E-state index in [2.05, 4.69) is 69.1 Å². The smallest absolute Gasteiger partial charge is 0.0931 e. The molecule has 1 heterocycles. The standard InChI is InChI=1S/C15H15Br2ClS/c1-11-3-2-4-12(7-11)15(9-16,10-17)8-13-5-6-14(18)19-13/h2-7H,8-10H2,1H3. The number of aryl methyl sites for hydroxylation is 1. The lowest BCUT2D eigenvalue weighted by molar-refractivity contribution is 0.555. The molecule has 0 aliphatic carbocycles.